The van der Waals surface area contributed by atoms with Crippen molar-refractivity contribution in [1.82, 2.24) is 0 Å². The summed E-state index contributed by atoms with van der Waals surface area (Å²) in [5, 5.41) is 4.97. The first-order valence-electron chi connectivity index (χ1n) is 21.3. The van der Waals surface area contributed by atoms with Crippen LogP contribution < -0.4 is 9.80 Å². The molecule has 0 aliphatic carbocycles. The van der Waals surface area contributed by atoms with Crippen LogP contribution in [0.5, 0.6) is 0 Å². The first-order valence-corrected chi connectivity index (χ1v) is 22.9. The number of fused-ring (bicyclic) bond motifs is 2. The number of para-hydroxylation sites is 1. The van der Waals surface area contributed by atoms with E-state index in [1.807, 2.05) is 0 Å². The van der Waals surface area contributed by atoms with E-state index in [0.29, 0.717) is 0 Å². The van der Waals surface area contributed by atoms with Crippen LogP contribution in [0.1, 0.15) is 16.7 Å². The molecule has 0 atom stereocenters. The van der Waals surface area contributed by atoms with Crippen molar-refractivity contribution < 1.29 is 0 Å². The predicted molar refractivity (Wildman–Crippen MR) is 277 cm³/mol. The molecule has 2 nitrogen and oxygen atoms in total. The van der Waals surface area contributed by atoms with Crippen LogP contribution in [0.3, 0.4) is 0 Å². The summed E-state index contributed by atoms with van der Waals surface area (Å²) in [6, 6.07) is 77.1. The molecule has 4 heteroatoms. The predicted octanol–water partition coefficient (Wildman–Crippen LogP) is 18.4. The number of aryl methyl sites for hydroxylation is 3. The minimum Gasteiger partial charge on any atom is -0.310 e. The van der Waals surface area contributed by atoms with E-state index in [9.17, 15) is 0 Å². The molecule has 0 unspecified atom stereocenters. The number of anilines is 6. The second kappa shape index (κ2) is 17.2. The van der Waals surface area contributed by atoms with Gasteiger partial charge in [0.1, 0.15) is 0 Å². The van der Waals surface area contributed by atoms with Gasteiger partial charge in [0.25, 0.3) is 0 Å². The first kappa shape index (κ1) is 40.4. The van der Waals surface area contributed by atoms with Gasteiger partial charge in [-0.15, -0.1) is 0 Å². The van der Waals surface area contributed by atoms with E-state index in [1.54, 1.807) is 0 Å². The van der Waals surface area contributed by atoms with Gasteiger partial charge in [-0.1, -0.05) is 153 Å². The van der Waals surface area contributed by atoms with Gasteiger partial charge in [0.05, 0.1) is 0 Å². The highest BCUT2D eigenvalue weighted by atomic mass is 79.9. The van der Waals surface area contributed by atoms with Gasteiger partial charge in [-0.25, -0.2) is 0 Å². The number of nitrogens with zero attached hydrogens (tertiary/aromatic N) is 2. The minimum absolute atomic E-state index is 1.05. The summed E-state index contributed by atoms with van der Waals surface area (Å²) < 4.78 is 2.09. The topological polar surface area (TPSA) is 6.48 Å². The van der Waals surface area contributed by atoms with E-state index in [4.69, 9.17) is 0 Å². The van der Waals surface area contributed by atoms with Gasteiger partial charge >= 0.3 is 0 Å². The minimum atomic E-state index is 1.05. The highest BCUT2D eigenvalue weighted by molar-refractivity contribution is 9.10. The van der Waals surface area contributed by atoms with Crippen LogP contribution >= 0.6 is 31.9 Å². The van der Waals surface area contributed by atoms with E-state index in [-0.39, 0.29) is 0 Å². The summed E-state index contributed by atoms with van der Waals surface area (Å²) in [7, 11) is 0. The molecular weight excluding hydrogens is 896 g/mol. The molecule has 0 bridgehead atoms. The van der Waals surface area contributed by atoms with Crippen LogP contribution in [0.2, 0.25) is 0 Å². The fraction of sp³-hybridized carbons (Fsp3) is 0.0508. The molecule has 63 heavy (non-hydrogen) atoms. The van der Waals surface area contributed by atoms with Crippen molar-refractivity contribution in [3.05, 3.63) is 238 Å². The lowest BCUT2D eigenvalue weighted by Crippen LogP contribution is -2.09. The Bertz CT molecular complexity index is 3270. The van der Waals surface area contributed by atoms with Crippen LogP contribution in [0, 0.1) is 20.8 Å². The summed E-state index contributed by atoms with van der Waals surface area (Å²) >= 11 is 7.39. The molecule has 10 aromatic rings. The van der Waals surface area contributed by atoms with E-state index in [0.717, 1.165) is 43.1 Å². The van der Waals surface area contributed by atoms with Crippen molar-refractivity contribution in [2.24, 2.45) is 0 Å². The van der Waals surface area contributed by atoms with E-state index < -0.39 is 0 Å². The Morgan fingerprint density at radius 2 is 0.667 bits per heavy atom. The number of hydrogen-bond donors (Lipinski definition) is 0. The van der Waals surface area contributed by atoms with Gasteiger partial charge in [0.15, 0.2) is 0 Å². The highest BCUT2D eigenvalue weighted by Crippen LogP contribution is 2.43. The lowest BCUT2D eigenvalue weighted by Gasteiger charge is -2.26. The van der Waals surface area contributed by atoms with Gasteiger partial charge in [0, 0.05) is 43.1 Å². The van der Waals surface area contributed by atoms with Gasteiger partial charge in [-0.05, 0) is 184 Å². The maximum Gasteiger partial charge on any atom is 0.0472 e. The zero-order valence-corrected chi connectivity index (χ0v) is 38.5. The van der Waals surface area contributed by atoms with Crippen molar-refractivity contribution in [2.75, 3.05) is 9.80 Å². The molecule has 0 aromatic heterocycles. The Kier molecular flexibility index (Phi) is 11.0. The third-order valence-corrected chi connectivity index (χ3v) is 13.1. The van der Waals surface area contributed by atoms with Gasteiger partial charge in [-0.3, -0.25) is 0 Å². The lowest BCUT2D eigenvalue weighted by molar-refractivity contribution is 1.27. The van der Waals surface area contributed by atoms with Crippen molar-refractivity contribution in [3.8, 4) is 33.4 Å². The second-order valence-corrected chi connectivity index (χ2v) is 18.1. The highest BCUT2D eigenvalue weighted by Gasteiger charge is 2.18. The van der Waals surface area contributed by atoms with Crippen molar-refractivity contribution in [2.45, 2.75) is 20.8 Å². The third kappa shape index (κ3) is 8.09. The Balaban J connectivity index is 1.03. The van der Waals surface area contributed by atoms with Crippen LogP contribution in [0.25, 0.3) is 54.9 Å². The third-order valence-electron chi connectivity index (χ3n) is 12.1. The second-order valence-electron chi connectivity index (χ2n) is 16.3. The lowest BCUT2D eigenvalue weighted by atomic mass is 9.86. The van der Waals surface area contributed by atoms with Gasteiger partial charge in [-0.2, -0.15) is 0 Å². The van der Waals surface area contributed by atoms with Gasteiger partial charge < -0.3 is 9.80 Å². The molecule has 0 heterocycles. The standard InChI is InChI=1S/C59H44Br2N2/c1-39-15-29-51(30-16-39)63(55-14-8-10-49(61)38-55)53-33-27-43(28-34-53)47-24-22-45-20-18-41(3)59(57(45)36-47)58-40(2)17-19-44-21-23-46(35-56(44)58)42-25-31-52(32-26-42)62(50-11-5-4-6-12-50)54-13-7-9-48(60)37-54/h4-38H,1-3H3. The first-order chi connectivity index (χ1) is 30.8. The Morgan fingerprint density at radius 3 is 1.10 bits per heavy atom. The molecule has 10 rings (SSSR count). The Labute approximate surface area is 387 Å². The molecule has 0 saturated carbocycles. The average Bonchev–Trinajstić information content (AvgIpc) is 3.31. The molecule has 304 valence electrons. The zero-order chi connectivity index (χ0) is 43.0. The quantitative estimate of drug-likeness (QED) is 0.142. The van der Waals surface area contributed by atoms with Crippen LogP contribution in [0.15, 0.2) is 221 Å². The van der Waals surface area contributed by atoms with E-state index >= 15 is 0 Å². The van der Waals surface area contributed by atoms with E-state index in [2.05, 4.69) is 275 Å². The van der Waals surface area contributed by atoms with Crippen molar-refractivity contribution >= 4 is 87.5 Å². The molecule has 10 aromatic carbocycles. The summed E-state index contributed by atoms with van der Waals surface area (Å²) in [4.78, 5) is 4.61. The number of benzene rings is 10. The maximum atomic E-state index is 3.70. The zero-order valence-electron chi connectivity index (χ0n) is 35.4. The molecule has 0 amide bonds. The molecule has 0 aliphatic rings. The Hall–Kier alpha value is -6.72. The monoisotopic (exact) mass is 938 g/mol. The van der Waals surface area contributed by atoms with Crippen LogP contribution in [-0.4, -0.2) is 0 Å². The smallest absolute Gasteiger partial charge is 0.0472 e. The van der Waals surface area contributed by atoms with Crippen LogP contribution in [0.4, 0.5) is 34.1 Å². The maximum absolute atomic E-state index is 3.70. The SMILES string of the molecule is Cc1ccc(N(c2ccc(-c3ccc4ccc(C)c(-c5c(C)ccc6ccc(-c7ccc(N(c8ccccc8)c8cccc(Br)c8)cc7)cc56)c4c3)cc2)c2cccc(Br)c2)cc1. The molecular formula is C59H44Br2N2. The fourth-order valence-corrected chi connectivity index (χ4v) is 9.66. The molecule has 0 radical (unpaired) electrons. The fourth-order valence-electron chi connectivity index (χ4n) is 8.88. The molecule has 0 fully saturated rings. The van der Waals surface area contributed by atoms with Crippen LogP contribution in [-0.2, 0) is 0 Å². The molecule has 0 N–H and O–H groups in total. The van der Waals surface area contributed by atoms with Crippen molar-refractivity contribution in [1.29, 1.82) is 0 Å². The van der Waals surface area contributed by atoms with Crippen molar-refractivity contribution in [3.63, 3.8) is 0 Å². The summed E-state index contributed by atoms with van der Waals surface area (Å²) in [6.07, 6.45) is 0. The normalized spacial score (nSPS) is 11.3. The molecule has 0 spiro atoms. The average molecular weight is 941 g/mol. The molecule has 0 aliphatic heterocycles. The summed E-state index contributed by atoms with van der Waals surface area (Å²) in [6.45, 7) is 6.63. The number of rotatable bonds is 9. The molecule has 0 saturated heterocycles. The number of halogens is 2. The number of hydrogen-bond acceptors (Lipinski definition) is 2. The van der Waals surface area contributed by atoms with Gasteiger partial charge in [0.2, 0.25) is 0 Å². The Morgan fingerprint density at radius 1 is 0.302 bits per heavy atom. The summed E-state index contributed by atoms with van der Waals surface area (Å²) in [5.74, 6) is 0. The summed E-state index contributed by atoms with van der Waals surface area (Å²) in [5.41, 5.74) is 17.7. The largest absolute Gasteiger partial charge is 0.310 e. The van der Waals surface area contributed by atoms with E-state index in [1.165, 1.54) is 71.6 Å².